The lowest BCUT2D eigenvalue weighted by Crippen LogP contribution is -2.57. The Morgan fingerprint density at radius 3 is 2.52 bits per heavy atom. The van der Waals surface area contributed by atoms with E-state index in [2.05, 4.69) is 20.8 Å². The Labute approximate surface area is 181 Å². The van der Waals surface area contributed by atoms with Crippen molar-refractivity contribution in [2.24, 2.45) is 5.41 Å². The smallest absolute Gasteiger partial charge is 0.315 e. The number of nitrogens with one attached hydrogen (secondary N) is 2. The molecule has 2 saturated carbocycles. The highest BCUT2D eigenvalue weighted by molar-refractivity contribution is 5.74. The molecule has 7 heteroatoms. The van der Waals surface area contributed by atoms with Crippen LogP contribution >= 0.6 is 0 Å². The number of carbonyl (C=O) groups is 1. The Hall–Kier alpha value is -3.35. The highest BCUT2D eigenvalue weighted by atomic mass is 16.5. The number of carbonyl (C=O) groups excluding carboxylic acids is 1. The molecule has 160 valence electrons. The highest BCUT2D eigenvalue weighted by Gasteiger charge is 2.54. The molecular weight excluding hydrogens is 392 g/mol. The van der Waals surface area contributed by atoms with Crippen LogP contribution in [0.1, 0.15) is 43.1 Å². The molecule has 2 fully saturated rings. The first-order chi connectivity index (χ1) is 15.1. The summed E-state index contributed by atoms with van der Waals surface area (Å²) in [6.07, 6.45) is 4.13. The highest BCUT2D eigenvalue weighted by Crippen LogP contribution is 2.61. The molecule has 0 aliphatic heterocycles. The number of nitrogens with zero attached hydrogens (tertiary/aromatic N) is 2. The summed E-state index contributed by atoms with van der Waals surface area (Å²) in [5, 5.41) is 14.5. The van der Waals surface area contributed by atoms with Crippen molar-refractivity contribution in [3.63, 3.8) is 0 Å². The van der Waals surface area contributed by atoms with E-state index in [0.29, 0.717) is 23.8 Å². The van der Waals surface area contributed by atoms with E-state index in [1.807, 2.05) is 54.6 Å². The van der Waals surface area contributed by atoms with Gasteiger partial charge in [-0.05, 0) is 60.9 Å². The molecule has 2 aliphatic carbocycles. The number of aromatic nitrogens is 2. The van der Waals surface area contributed by atoms with Crippen molar-refractivity contribution in [3.05, 3.63) is 66.1 Å². The van der Waals surface area contributed by atoms with E-state index in [9.17, 15) is 4.79 Å². The molecule has 2 amide bonds. The maximum absolute atomic E-state index is 12.2. The van der Waals surface area contributed by atoms with Gasteiger partial charge in [-0.2, -0.15) is 0 Å². The van der Waals surface area contributed by atoms with Crippen molar-refractivity contribution in [2.75, 3.05) is 7.11 Å². The SMILES string of the molecule is COc1ccc(CNC(=O)NC2CC3(C2)CC(c2nnc(-c4ccccc4)o2)C3)cc1. The minimum atomic E-state index is -0.115. The van der Waals surface area contributed by atoms with E-state index >= 15 is 0 Å². The minimum Gasteiger partial charge on any atom is -0.497 e. The summed E-state index contributed by atoms with van der Waals surface area (Å²) < 4.78 is 11.1. The Kier molecular flexibility index (Phi) is 5.10. The molecule has 7 nitrogen and oxygen atoms in total. The van der Waals surface area contributed by atoms with Crippen LogP contribution in [0, 0.1) is 5.41 Å². The number of methoxy groups -OCH3 is 1. The molecule has 0 radical (unpaired) electrons. The van der Waals surface area contributed by atoms with E-state index in [0.717, 1.165) is 48.5 Å². The van der Waals surface area contributed by atoms with E-state index in [1.165, 1.54) is 0 Å². The maximum Gasteiger partial charge on any atom is 0.315 e. The maximum atomic E-state index is 12.2. The normalized spacial score (nSPS) is 24.2. The number of benzene rings is 2. The number of hydrogen-bond acceptors (Lipinski definition) is 5. The average Bonchev–Trinajstić information content (AvgIpc) is 3.23. The third kappa shape index (κ3) is 4.13. The fraction of sp³-hybridized carbons (Fsp3) is 0.375. The van der Waals surface area contributed by atoms with Gasteiger partial charge in [-0.1, -0.05) is 30.3 Å². The number of urea groups is 1. The lowest BCUT2D eigenvalue weighted by molar-refractivity contribution is -0.0240. The van der Waals surface area contributed by atoms with E-state index in [1.54, 1.807) is 7.11 Å². The van der Waals surface area contributed by atoms with E-state index in [-0.39, 0.29) is 12.1 Å². The third-order valence-corrected chi connectivity index (χ3v) is 6.48. The zero-order valence-corrected chi connectivity index (χ0v) is 17.5. The van der Waals surface area contributed by atoms with Crippen LogP contribution in [0.4, 0.5) is 4.79 Å². The Balaban J connectivity index is 1.05. The van der Waals surface area contributed by atoms with Crippen molar-refractivity contribution in [2.45, 2.75) is 44.2 Å². The third-order valence-electron chi connectivity index (χ3n) is 6.48. The molecular formula is C24H26N4O3. The zero-order valence-electron chi connectivity index (χ0n) is 17.5. The van der Waals surface area contributed by atoms with Crippen LogP contribution in [0.2, 0.25) is 0 Å². The molecule has 2 N–H and O–H groups in total. The summed E-state index contributed by atoms with van der Waals surface area (Å²) in [5.41, 5.74) is 2.31. The number of rotatable bonds is 6. The molecule has 2 aliphatic rings. The predicted molar refractivity (Wildman–Crippen MR) is 116 cm³/mol. The Morgan fingerprint density at radius 2 is 1.81 bits per heavy atom. The Bertz CT molecular complexity index is 1030. The quantitative estimate of drug-likeness (QED) is 0.624. The molecule has 1 spiro atoms. The summed E-state index contributed by atoms with van der Waals surface area (Å²) in [6.45, 7) is 0.497. The van der Waals surface area contributed by atoms with Crippen LogP contribution in [-0.4, -0.2) is 29.4 Å². The van der Waals surface area contributed by atoms with Crippen molar-refractivity contribution in [3.8, 4) is 17.2 Å². The van der Waals surface area contributed by atoms with Gasteiger partial charge in [-0.25, -0.2) is 4.79 Å². The first-order valence-electron chi connectivity index (χ1n) is 10.7. The predicted octanol–water partition coefficient (Wildman–Crippen LogP) is 4.27. The van der Waals surface area contributed by atoms with Gasteiger partial charge in [-0.15, -0.1) is 10.2 Å². The minimum absolute atomic E-state index is 0.115. The molecule has 0 saturated heterocycles. The summed E-state index contributed by atoms with van der Waals surface area (Å²) in [5.74, 6) is 2.45. The Morgan fingerprint density at radius 1 is 1.06 bits per heavy atom. The van der Waals surface area contributed by atoms with Gasteiger partial charge in [0, 0.05) is 24.1 Å². The van der Waals surface area contributed by atoms with Crippen LogP contribution in [-0.2, 0) is 6.54 Å². The molecule has 1 aromatic heterocycles. The molecule has 5 rings (SSSR count). The van der Waals surface area contributed by atoms with Gasteiger partial charge in [0.2, 0.25) is 11.8 Å². The van der Waals surface area contributed by atoms with E-state index in [4.69, 9.17) is 9.15 Å². The van der Waals surface area contributed by atoms with Crippen LogP contribution in [0.25, 0.3) is 11.5 Å². The molecule has 0 unspecified atom stereocenters. The monoisotopic (exact) mass is 418 g/mol. The van der Waals surface area contributed by atoms with Crippen molar-refractivity contribution in [1.82, 2.24) is 20.8 Å². The number of amides is 2. The van der Waals surface area contributed by atoms with Gasteiger partial charge in [0.05, 0.1) is 7.11 Å². The summed E-state index contributed by atoms with van der Waals surface area (Å²) in [6, 6.07) is 17.7. The first kappa shape index (κ1) is 19.6. The standard InChI is InChI=1S/C24H26N4O3/c1-30-20-9-7-16(8-10-20)15-25-23(29)26-19-13-24(14-19)11-18(12-24)22-28-27-21(31-22)17-5-3-2-4-6-17/h2-10,18-19H,11-15H2,1H3,(H2,25,26,29). The molecule has 0 atom stereocenters. The summed E-state index contributed by atoms with van der Waals surface area (Å²) >= 11 is 0. The lowest BCUT2D eigenvalue weighted by Gasteiger charge is -2.56. The summed E-state index contributed by atoms with van der Waals surface area (Å²) in [4.78, 5) is 12.2. The second-order valence-corrected chi connectivity index (χ2v) is 8.70. The fourth-order valence-corrected chi connectivity index (χ4v) is 4.84. The van der Waals surface area contributed by atoms with Crippen molar-refractivity contribution >= 4 is 6.03 Å². The van der Waals surface area contributed by atoms with Gasteiger partial charge in [0.25, 0.3) is 0 Å². The largest absolute Gasteiger partial charge is 0.497 e. The average molecular weight is 418 g/mol. The molecule has 31 heavy (non-hydrogen) atoms. The number of ether oxygens (including phenoxy) is 1. The fourth-order valence-electron chi connectivity index (χ4n) is 4.84. The molecule has 1 heterocycles. The second kappa shape index (κ2) is 8.06. The first-order valence-corrected chi connectivity index (χ1v) is 10.7. The van der Waals surface area contributed by atoms with Gasteiger partial charge >= 0.3 is 6.03 Å². The summed E-state index contributed by atoms with van der Waals surface area (Å²) in [7, 11) is 1.64. The van der Waals surface area contributed by atoms with Crippen LogP contribution in [0.15, 0.2) is 59.0 Å². The number of hydrogen-bond donors (Lipinski definition) is 2. The van der Waals surface area contributed by atoms with Gasteiger partial charge in [0.1, 0.15) is 5.75 Å². The van der Waals surface area contributed by atoms with Gasteiger partial charge < -0.3 is 19.8 Å². The lowest BCUT2D eigenvalue weighted by atomic mass is 9.50. The topological polar surface area (TPSA) is 89.3 Å². The van der Waals surface area contributed by atoms with Crippen LogP contribution < -0.4 is 15.4 Å². The zero-order chi connectivity index (χ0) is 21.3. The van der Waals surface area contributed by atoms with E-state index < -0.39 is 0 Å². The van der Waals surface area contributed by atoms with Gasteiger partial charge in [0.15, 0.2) is 0 Å². The van der Waals surface area contributed by atoms with Crippen LogP contribution in [0.5, 0.6) is 5.75 Å². The van der Waals surface area contributed by atoms with Crippen molar-refractivity contribution in [1.29, 1.82) is 0 Å². The molecule has 0 bridgehead atoms. The molecule has 3 aromatic rings. The van der Waals surface area contributed by atoms with Gasteiger partial charge in [-0.3, -0.25) is 0 Å². The second-order valence-electron chi connectivity index (χ2n) is 8.70. The molecule has 2 aromatic carbocycles. The van der Waals surface area contributed by atoms with Crippen LogP contribution in [0.3, 0.4) is 0 Å². The van der Waals surface area contributed by atoms with Crippen molar-refractivity contribution < 1.29 is 13.9 Å².